The molecule has 0 aromatic carbocycles. The van der Waals surface area contributed by atoms with E-state index in [-0.39, 0.29) is 10.3 Å². The van der Waals surface area contributed by atoms with Crippen LogP contribution in [0.3, 0.4) is 0 Å². The number of nitrogens with two attached hydrogens (primary N) is 1. The summed E-state index contributed by atoms with van der Waals surface area (Å²) in [6.45, 7) is 0. The molecule has 0 atom stereocenters. The van der Waals surface area contributed by atoms with Gasteiger partial charge in [0.05, 0.1) is 17.4 Å². The number of alkyl halides is 2. The smallest absolute Gasteiger partial charge is 0.269 e. The van der Waals surface area contributed by atoms with Crippen molar-refractivity contribution in [3.05, 3.63) is 16.4 Å². The maximum absolute atomic E-state index is 12.2. The molecule has 0 amide bonds. The Morgan fingerprint density at radius 3 is 2.58 bits per heavy atom. The van der Waals surface area contributed by atoms with Gasteiger partial charge >= 0.3 is 0 Å². The van der Waals surface area contributed by atoms with Gasteiger partial charge in [-0.25, -0.2) is 13.8 Å². The predicted molar refractivity (Wildman–Crippen MR) is 43.0 cm³/mol. The number of aromatic nitrogens is 1. The number of hydrogen-bond acceptors (Lipinski definition) is 3. The number of pyridine rings is 1. The van der Waals surface area contributed by atoms with Crippen LogP contribution in [-0.4, -0.2) is 10.1 Å². The quantitative estimate of drug-likeness (QED) is 0.737. The molecule has 1 heterocycles. The number of nitrogens with zero attached hydrogens (tertiary/aromatic N) is 1. The zero-order valence-corrected chi connectivity index (χ0v) is 7.35. The van der Waals surface area contributed by atoms with E-state index in [9.17, 15) is 8.78 Å². The van der Waals surface area contributed by atoms with Crippen LogP contribution in [-0.2, 0) is 0 Å². The Morgan fingerprint density at radius 2 is 2.17 bits per heavy atom. The fourth-order valence-electron chi connectivity index (χ4n) is 0.735. The molecule has 0 unspecified atom stereocenters. The Hall–Kier alpha value is -0.910. The van der Waals surface area contributed by atoms with Crippen molar-refractivity contribution in [2.45, 2.75) is 6.43 Å². The van der Waals surface area contributed by atoms with E-state index in [4.69, 9.17) is 10.8 Å². The van der Waals surface area contributed by atoms with Crippen molar-refractivity contribution in [2.75, 3.05) is 5.73 Å². The van der Waals surface area contributed by atoms with Gasteiger partial charge in [-0.05, 0) is 15.9 Å². The summed E-state index contributed by atoms with van der Waals surface area (Å²) in [7, 11) is 0. The number of hydrogen-bond donors (Lipinski definition) is 2. The molecule has 0 bridgehead atoms. The van der Waals surface area contributed by atoms with E-state index in [1.807, 2.05) is 0 Å². The molecule has 0 aliphatic heterocycles. The monoisotopic (exact) mass is 238 g/mol. The van der Waals surface area contributed by atoms with E-state index < -0.39 is 17.7 Å². The van der Waals surface area contributed by atoms with Gasteiger partial charge in [0, 0.05) is 0 Å². The van der Waals surface area contributed by atoms with Gasteiger partial charge in [-0.1, -0.05) is 0 Å². The van der Waals surface area contributed by atoms with Crippen LogP contribution < -0.4 is 5.73 Å². The van der Waals surface area contributed by atoms with Gasteiger partial charge in [-0.15, -0.1) is 0 Å². The Labute approximate surface area is 75.3 Å². The minimum Gasteiger partial charge on any atom is -0.506 e. The van der Waals surface area contributed by atoms with Crippen molar-refractivity contribution >= 4 is 21.6 Å². The number of rotatable bonds is 1. The maximum atomic E-state index is 12.2. The van der Waals surface area contributed by atoms with E-state index >= 15 is 0 Å². The van der Waals surface area contributed by atoms with E-state index in [1.165, 1.54) is 0 Å². The van der Waals surface area contributed by atoms with Crippen LogP contribution in [0.1, 0.15) is 12.0 Å². The molecular formula is C6H5BrF2N2O. The fraction of sp³-hybridized carbons (Fsp3) is 0.167. The second-order valence-electron chi connectivity index (χ2n) is 2.06. The first-order chi connectivity index (χ1) is 5.54. The summed E-state index contributed by atoms with van der Waals surface area (Å²) in [4.78, 5) is 3.53. The maximum Gasteiger partial charge on any atom is 0.269 e. The molecule has 1 aromatic rings. The third-order valence-corrected chi connectivity index (χ3v) is 1.94. The molecule has 0 radical (unpaired) electrons. The Balaban J connectivity index is 3.33. The van der Waals surface area contributed by atoms with Crippen molar-refractivity contribution < 1.29 is 13.9 Å². The second-order valence-corrected chi connectivity index (χ2v) is 2.81. The minimum absolute atomic E-state index is 0.107. The fourth-order valence-corrected chi connectivity index (χ4v) is 1.05. The van der Waals surface area contributed by atoms with Gasteiger partial charge in [-0.2, -0.15) is 0 Å². The highest BCUT2D eigenvalue weighted by molar-refractivity contribution is 9.10. The molecule has 1 rings (SSSR count). The SMILES string of the molecule is Nc1c(Br)ncc(O)c1C(F)F. The molecule has 0 aliphatic carbocycles. The molecular weight excluding hydrogens is 234 g/mol. The lowest BCUT2D eigenvalue weighted by molar-refractivity contribution is 0.148. The topological polar surface area (TPSA) is 59.1 Å². The summed E-state index contributed by atoms with van der Waals surface area (Å²) in [5.41, 5.74) is 4.42. The van der Waals surface area contributed by atoms with Crippen molar-refractivity contribution in [2.24, 2.45) is 0 Å². The Kier molecular flexibility index (Phi) is 2.46. The Bertz CT molecular complexity index is 306. The van der Waals surface area contributed by atoms with Crippen molar-refractivity contribution in [1.82, 2.24) is 4.98 Å². The first kappa shape index (κ1) is 9.18. The Morgan fingerprint density at radius 1 is 1.58 bits per heavy atom. The van der Waals surface area contributed by atoms with E-state index in [0.29, 0.717) is 0 Å². The average molecular weight is 239 g/mol. The number of aromatic hydroxyl groups is 1. The third-order valence-electron chi connectivity index (χ3n) is 1.31. The van der Waals surface area contributed by atoms with Crippen LogP contribution in [0.2, 0.25) is 0 Å². The molecule has 6 heteroatoms. The summed E-state index contributed by atoms with van der Waals surface area (Å²) in [6, 6.07) is 0. The zero-order chi connectivity index (χ0) is 9.30. The molecule has 0 aliphatic rings. The standard InChI is InChI=1S/C6H5BrF2N2O/c7-5-4(10)3(6(8)9)2(12)1-11-5/h1,6,12H,10H2. The molecule has 0 fully saturated rings. The molecule has 66 valence electrons. The summed E-state index contributed by atoms with van der Waals surface area (Å²) < 4.78 is 24.5. The first-order valence-electron chi connectivity index (χ1n) is 2.95. The van der Waals surface area contributed by atoms with Crippen LogP contribution in [0, 0.1) is 0 Å². The van der Waals surface area contributed by atoms with E-state index in [2.05, 4.69) is 20.9 Å². The lowest BCUT2D eigenvalue weighted by Gasteiger charge is -2.06. The molecule has 0 saturated carbocycles. The first-order valence-corrected chi connectivity index (χ1v) is 3.74. The molecule has 0 saturated heterocycles. The van der Waals surface area contributed by atoms with Gasteiger partial charge in [0.2, 0.25) is 0 Å². The lowest BCUT2D eigenvalue weighted by Crippen LogP contribution is -1.98. The number of nitrogen functional groups attached to an aromatic ring is 1. The molecule has 0 spiro atoms. The molecule has 12 heavy (non-hydrogen) atoms. The largest absolute Gasteiger partial charge is 0.506 e. The van der Waals surface area contributed by atoms with Crippen molar-refractivity contribution in [1.29, 1.82) is 0 Å². The highest BCUT2D eigenvalue weighted by Gasteiger charge is 2.18. The summed E-state index contributed by atoms with van der Waals surface area (Å²) in [6.07, 6.45) is -1.88. The van der Waals surface area contributed by atoms with Crippen molar-refractivity contribution in [3.8, 4) is 5.75 Å². The number of halogens is 3. The minimum atomic E-state index is -2.80. The van der Waals surface area contributed by atoms with Crippen molar-refractivity contribution in [3.63, 3.8) is 0 Å². The molecule has 3 nitrogen and oxygen atoms in total. The lowest BCUT2D eigenvalue weighted by atomic mass is 10.2. The number of anilines is 1. The second kappa shape index (κ2) is 3.22. The van der Waals surface area contributed by atoms with Gasteiger partial charge in [0.15, 0.2) is 0 Å². The van der Waals surface area contributed by atoms with E-state index in [1.54, 1.807) is 0 Å². The zero-order valence-electron chi connectivity index (χ0n) is 5.76. The third kappa shape index (κ3) is 1.47. The van der Waals surface area contributed by atoms with E-state index in [0.717, 1.165) is 6.20 Å². The van der Waals surface area contributed by atoms with Crippen LogP contribution in [0.15, 0.2) is 10.8 Å². The summed E-state index contributed by atoms with van der Waals surface area (Å²) >= 11 is 2.87. The van der Waals surface area contributed by atoms with Crippen LogP contribution in [0.5, 0.6) is 5.75 Å². The van der Waals surface area contributed by atoms with Crippen LogP contribution in [0.4, 0.5) is 14.5 Å². The van der Waals surface area contributed by atoms with Crippen LogP contribution in [0.25, 0.3) is 0 Å². The normalized spacial score (nSPS) is 10.7. The van der Waals surface area contributed by atoms with Gasteiger partial charge < -0.3 is 10.8 Å². The van der Waals surface area contributed by atoms with Crippen LogP contribution >= 0.6 is 15.9 Å². The average Bonchev–Trinajstić information content (AvgIpc) is 1.97. The summed E-state index contributed by atoms with van der Waals surface area (Å²) in [5, 5.41) is 8.94. The molecule has 1 aromatic heterocycles. The van der Waals surface area contributed by atoms with Gasteiger partial charge in [0.25, 0.3) is 6.43 Å². The highest BCUT2D eigenvalue weighted by atomic mass is 79.9. The highest BCUT2D eigenvalue weighted by Crippen LogP contribution is 2.35. The predicted octanol–water partition coefficient (Wildman–Crippen LogP) is 2.07. The van der Waals surface area contributed by atoms with Gasteiger partial charge in [-0.3, -0.25) is 0 Å². The van der Waals surface area contributed by atoms with Gasteiger partial charge in [0.1, 0.15) is 10.4 Å². The summed E-state index contributed by atoms with van der Waals surface area (Å²) in [5.74, 6) is -0.592. The molecule has 3 N–H and O–H groups in total.